The van der Waals surface area contributed by atoms with E-state index >= 15 is 0 Å². The monoisotopic (exact) mass is 440 g/mol. The molecule has 34 heavy (non-hydrogen) atoms. The summed E-state index contributed by atoms with van der Waals surface area (Å²) in [6.45, 7) is 0. The Bertz CT molecular complexity index is 1310. The Morgan fingerprint density at radius 1 is 0.618 bits per heavy atom. The van der Waals surface area contributed by atoms with Gasteiger partial charge >= 0.3 is 0 Å². The van der Waals surface area contributed by atoms with Crippen LogP contribution in [-0.2, 0) is 10.2 Å². The molecule has 0 saturated heterocycles. The van der Waals surface area contributed by atoms with E-state index in [1.807, 2.05) is 7.11 Å². The topological polar surface area (TPSA) is 9.23 Å². The Balaban J connectivity index is 1.40. The number of fused-ring (bicyclic) bond motifs is 3. The SMILES string of the molecule is COC1=C[C@@]2(c3ccccc3)[C@@H](c3ccccc31)[C@@H]2C1[C@@H](c2ccccc2)[C@H]1c1ccccc1. The second-order valence-corrected chi connectivity index (χ2v) is 10.1. The predicted octanol–water partition coefficient (Wildman–Crippen LogP) is 7.54. The molecule has 0 radical (unpaired) electrons. The highest BCUT2D eigenvalue weighted by Gasteiger charge is 2.75. The van der Waals surface area contributed by atoms with Crippen molar-refractivity contribution in [2.75, 3.05) is 7.11 Å². The molecule has 0 amide bonds. The van der Waals surface area contributed by atoms with Crippen LogP contribution in [0.3, 0.4) is 0 Å². The number of hydrogen-bond acceptors (Lipinski definition) is 1. The van der Waals surface area contributed by atoms with Crippen LogP contribution in [0.25, 0.3) is 5.76 Å². The molecule has 0 bridgehead atoms. The fourth-order valence-corrected chi connectivity index (χ4v) is 7.24. The number of methoxy groups -OCH3 is 1. The Morgan fingerprint density at radius 2 is 1.15 bits per heavy atom. The third kappa shape index (κ3) is 2.73. The molecule has 3 aliphatic rings. The largest absolute Gasteiger partial charge is 0.496 e. The molecule has 2 saturated carbocycles. The maximum absolute atomic E-state index is 5.99. The molecule has 4 aromatic rings. The van der Waals surface area contributed by atoms with Crippen molar-refractivity contribution in [3.63, 3.8) is 0 Å². The molecule has 0 aromatic heterocycles. The van der Waals surface area contributed by atoms with E-state index in [1.165, 1.54) is 27.8 Å². The maximum Gasteiger partial charge on any atom is 0.123 e. The van der Waals surface area contributed by atoms with E-state index in [4.69, 9.17) is 4.74 Å². The first-order chi connectivity index (χ1) is 16.8. The Labute approximate surface area is 201 Å². The van der Waals surface area contributed by atoms with Crippen LogP contribution in [0.2, 0.25) is 0 Å². The van der Waals surface area contributed by atoms with E-state index in [1.54, 1.807) is 0 Å². The summed E-state index contributed by atoms with van der Waals surface area (Å²) in [5.41, 5.74) is 7.05. The molecule has 1 unspecified atom stereocenters. The maximum atomic E-state index is 5.99. The average molecular weight is 441 g/mol. The van der Waals surface area contributed by atoms with Crippen LogP contribution in [0.4, 0.5) is 0 Å². The van der Waals surface area contributed by atoms with Gasteiger partial charge in [0.1, 0.15) is 5.76 Å². The third-order valence-electron chi connectivity index (χ3n) is 8.60. The second-order valence-electron chi connectivity index (χ2n) is 10.1. The molecule has 2 fully saturated rings. The predicted molar refractivity (Wildman–Crippen MR) is 138 cm³/mol. The highest BCUT2D eigenvalue weighted by Crippen LogP contribution is 2.81. The zero-order chi connectivity index (χ0) is 22.7. The van der Waals surface area contributed by atoms with Crippen molar-refractivity contribution in [1.29, 1.82) is 0 Å². The van der Waals surface area contributed by atoms with Gasteiger partial charge in [0.15, 0.2) is 0 Å². The van der Waals surface area contributed by atoms with Crippen LogP contribution in [0.1, 0.15) is 45.6 Å². The molecule has 6 atom stereocenters. The van der Waals surface area contributed by atoms with E-state index in [0.717, 1.165) is 5.76 Å². The zero-order valence-corrected chi connectivity index (χ0v) is 19.3. The first-order valence-corrected chi connectivity index (χ1v) is 12.4. The number of rotatable bonds is 5. The summed E-state index contributed by atoms with van der Waals surface area (Å²) in [5, 5.41) is 0. The van der Waals surface area contributed by atoms with Gasteiger partial charge in [-0.3, -0.25) is 0 Å². The van der Waals surface area contributed by atoms with E-state index < -0.39 is 0 Å². The summed E-state index contributed by atoms with van der Waals surface area (Å²) < 4.78 is 5.99. The highest BCUT2D eigenvalue weighted by molar-refractivity contribution is 5.75. The fraction of sp³-hybridized carbons (Fsp3) is 0.212. The van der Waals surface area contributed by atoms with Crippen LogP contribution in [0.5, 0.6) is 0 Å². The summed E-state index contributed by atoms with van der Waals surface area (Å²) >= 11 is 0. The number of allylic oxidation sites excluding steroid dienone is 1. The van der Waals surface area contributed by atoms with Gasteiger partial charge in [-0.2, -0.15) is 0 Å². The van der Waals surface area contributed by atoms with Crippen molar-refractivity contribution in [1.82, 2.24) is 0 Å². The lowest BCUT2D eigenvalue weighted by Crippen LogP contribution is -2.14. The van der Waals surface area contributed by atoms with Gasteiger partial charge in [0, 0.05) is 16.9 Å². The van der Waals surface area contributed by atoms with Crippen LogP contribution in [0, 0.1) is 11.8 Å². The minimum atomic E-state index is -0.0117. The van der Waals surface area contributed by atoms with Crippen LogP contribution in [-0.4, -0.2) is 7.11 Å². The Morgan fingerprint density at radius 3 is 1.74 bits per heavy atom. The van der Waals surface area contributed by atoms with Gasteiger partial charge in [0.05, 0.1) is 7.11 Å². The lowest BCUT2D eigenvalue weighted by molar-refractivity contribution is 0.365. The third-order valence-corrected chi connectivity index (χ3v) is 8.60. The van der Waals surface area contributed by atoms with Crippen molar-refractivity contribution in [3.05, 3.63) is 149 Å². The van der Waals surface area contributed by atoms with Crippen molar-refractivity contribution >= 4 is 5.76 Å². The lowest BCUT2D eigenvalue weighted by atomic mass is 9.83. The quantitative estimate of drug-likeness (QED) is 0.311. The molecule has 1 heteroatoms. The van der Waals surface area contributed by atoms with Gasteiger partial charge in [-0.05, 0) is 52.0 Å². The molecular weight excluding hydrogens is 412 g/mol. The standard InChI is InChI=1S/C33H28O/c1-34-27-21-33(24-17-9-4-10-18-24)31(26-20-12-11-19-25(26)27)32(33)30-28(22-13-5-2-6-14-22)29(30)23-15-7-3-8-16-23/h2-21,28-32H,1H3/t28-,29+,30?,31-,32-,33+/m0/s1. The zero-order valence-electron chi connectivity index (χ0n) is 19.3. The number of benzene rings is 4. The molecule has 0 heterocycles. The molecule has 3 aliphatic carbocycles. The Hall–Kier alpha value is -3.58. The van der Waals surface area contributed by atoms with Crippen LogP contribution < -0.4 is 0 Å². The minimum Gasteiger partial charge on any atom is -0.496 e. The lowest BCUT2D eigenvalue weighted by Gasteiger charge is -2.23. The van der Waals surface area contributed by atoms with Crippen LogP contribution >= 0.6 is 0 Å². The van der Waals surface area contributed by atoms with Crippen LogP contribution in [0.15, 0.2) is 121 Å². The molecule has 166 valence electrons. The van der Waals surface area contributed by atoms with E-state index in [2.05, 4.69) is 121 Å². The normalized spacial score (nSPS) is 30.5. The van der Waals surface area contributed by atoms with Gasteiger partial charge < -0.3 is 4.74 Å². The van der Waals surface area contributed by atoms with Gasteiger partial charge in [0.2, 0.25) is 0 Å². The summed E-state index contributed by atoms with van der Waals surface area (Å²) in [5.74, 6) is 3.73. The number of ether oxygens (including phenoxy) is 1. The van der Waals surface area contributed by atoms with Gasteiger partial charge in [-0.25, -0.2) is 0 Å². The second kappa shape index (κ2) is 7.46. The van der Waals surface area contributed by atoms with Crippen molar-refractivity contribution < 1.29 is 4.74 Å². The summed E-state index contributed by atoms with van der Waals surface area (Å²) in [7, 11) is 1.82. The van der Waals surface area contributed by atoms with Gasteiger partial charge in [-0.1, -0.05) is 115 Å². The average Bonchev–Trinajstić information content (AvgIpc) is 3.81. The summed E-state index contributed by atoms with van der Waals surface area (Å²) in [4.78, 5) is 0. The molecule has 1 nitrogen and oxygen atoms in total. The Kier molecular flexibility index (Phi) is 4.36. The molecule has 0 N–H and O–H groups in total. The summed E-state index contributed by atoms with van der Waals surface area (Å²) in [6.07, 6.45) is 2.46. The van der Waals surface area contributed by atoms with E-state index in [0.29, 0.717) is 29.6 Å². The first kappa shape index (κ1) is 19.9. The van der Waals surface area contributed by atoms with Crippen molar-refractivity contribution in [3.8, 4) is 0 Å². The van der Waals surface area contributed by atoms with Crippen molar-refractivity contribution in [2.45, 2.75) is 23.2 Å². The molecular formula is C33H28O. The molecule has 0 spiro atoms. The van der Waals surface area contributed by atoms with Gasteiger partial charge in [0.25, 0.3) is 0 Å². The highest BCUT2D eigenvalue weighted by atomic mass is 16.5. The molecule has 0 aliphatic heterocycles. The van der Waals surface area contributed by atoms with Crippen molar-refractivity contribution in [2.24, 2.45) is 11.8 Å². The summed E-state index contributed by atoms with van der Waals surface area (Å²) in [6, 6.07) is 42.4. The van der Waals surface area contributed by atoms with E-state index in [9.17, 15) is 0 Å². The fourth-order valence-electron chi connectivity index (χ4n) is 7.24. The first-order valence-electron chi connectivity index (χ1n) is 12.4. The minimum absolute atomic E-state index is 0.0117. The van der Waals surface area contributed by atoms with E-state index in [-0.39, 0.29) is 5.41 Å². The molecule has 7 rings (SSSR count). The smallest absolute Gasteiger partial charge is 0.123 e. The molecule has 4 aromatic carbocycles. The van der Waals surface area contributed by atoms with Gasteiger partial charge in [-0.15, -0.1) is 0 Å². The number of hydrogen-bond donors (Lipinski definition) is 0.